The van der Waals surface area contributed by atoms with E-state index in [9.17, 15) is 27.9 Å². The predicted molar refractivity (Wildman–Crippen MR) is 118 cm³/mol. The Kier molecular flexibility index (Phi) is 5.67. The van der Waals surface area contributed by atoms with Gasteiger partial charge < -0.3 is 14.7 Å². The van der Waals surface area contributed by atoms with Gasteiger partial charge in [-0.05, 0) is 78.3 Å². The number of nitrogens with zero attached hydrogens (tertiary/aromatic N) is 1. The summed E-state index contributed by atoms with van der Waals surface area (Å²) >= 11 is 0. The molecule has 1 saturated carbocycles. The number of hydrogen-bond acceptors (Lipinski definition) is 3. The van der Waals surface area contributed by atoms with Gasteiger partial charge in [-0.2, -0.15) is 13.2 Å². The number of ether oxygens (including phenoxy) is 1. The summed E-state index contributed by atoms with van der Waals surface area (Å²) in [5.74, 6) is -0.845. The average Bonchev–Trinajstić information content (AvgIpc) is 3.24. The van der Waals surface area contributed by atoms with Gasteiger partial charge in [0.15, 0.2) is 0 Å². The van der Waals surface area contributed by atoms with Gasteiger partial charge in [-0.25, -0.2) is 4.79 Å². The van der Waals surface area contributed by atoms with Crippen molar-refractivity contribution in [2.24, 2.45) is 5.41 Å². The first-order chi connectivity index (χ1) is 16.2. The summed E-state index contributed by atoms with van der Waals surface area (Å²) < 4.78 is 46.1. The number of halogens is 3. The van der Waals surface area contributed by atoms with Crippen LogP contribution in [0.5, 0.6) is 0 Å². The monoisotopic (exact) mass is 473 g/mol. The van der Waals surface area contributed by atoms with Crippen LogP contribution in [0.1, 0.15) is 59.5 Å². The molecule has 3 fully saturated rings. The molecule has 1 unspecified atom stereocenters. The zero-order chi connectivity index (χ0) is 24.1. The molecule has 0 bridgehead atoms. The van der Waals surface area contributed by atoms with E-state index in [-0.39, 0.29) is 28.6 Å². The maximum absolute atomic E-state index is 13.5. The Hall–Kier alpha value is -2.87. The molecule has 2 heterocycles. The number of rotatable bonds is 4. The van der Waals surface area contributed by atoms with Crippen molar-refractivity contribution in [2.75, 3.05) is 19.7 Å². The molecule has 0 radical (unpaired) electrons. The van der Waals surface area contributed by atoms with Gasteiger partial charge in [-0.1, -0.05) is 24.3 Å². The number of carbonyl (C=O) groups excluding carboxylic acids is 1. The summed E-state index contributed by atoms with van der Waals surface area (Å²) in [5.41, 5.74) is 0.394. The lowest BCUT2D eigenvalue weighted by molar-refractivity contribution is -0.142. The normalized spacial score (nSPS) is 23.8. The van der Waals surface area contributed by atoms with Crippen LogP contribution in [0.25, 0.3) is 11.1 Å². The van der Waals surface area contributed by atoms with Crippen LogP contribution in [0, 0.1) is 5.41 Å². The summed E-state index contributed by atoms with van der Waals surface area (Å²) in [5, 5.41) is 9.22. The van der Waals surface area contributed by atoms with Gasteiger partial charge in [0.05, 0.1) is 11.1 Å². The summed E-state index contributed by atoms with van der Waals surface area (Å²) in [6, 6.07) is 9.89. The van der Waals surface area contributed by atoms with Crippen LogP contribution in [0.2, 0.25) is 0 Å². The van der Waals surface area contributed by atoms with E-state index in [0.29, 0.717) is 31.2 Å². The van der Waals surface area contributed by atoms with E-state index in [1.807, 2.05) is 17.0 Å². The van der Waals surface area contributed by atoms with E-state index in [1.165, 1.54) is 0 Å². The fourth-order valence-electron chi connectivity index (χ4n) is 5.58. The predicted octanol–water partition coefficient (Wildman–Crippen LogP) is 5.35. The first kappa shape index (κ1) is 22.9. The summed E-state index contributed by atoms with van der Waals surface area (Å²) in [6.07, 6.45) is -0.319. The molecule has 180 valence electrons. The SMILES string of the molecule is O=C(O)c1ccc(C(F)(F)F)c(-c2ccc(C3CC34CCN(C(=O)[C@H]3CCCO3)CC4)cc2)c1. The zero-order valence-corrected chi connectivity index (χ0v) is 18.6. The molecular weight excluding hydrogens is 447 g/mol. The number of carboxylic acids is 1. The number of carbonyl (C=O) groups is 2. The van der Waals surface area contributed by atoms with Crippen LogP contribution in [-0.4, -0.2) is 47.7 Å². The molecule has 2 aromatic rings. The number of aromatic carboxylic acids is 1. The number of piperidine rings is 1. The number of carboxylic acid groups (broad SMARTS) is 1. The summed E-state index contributed by atoms with van der Waals surface area (Å²) in [7, 11) is 0. The van der Waals surface area contributed by atoms with Crippen molar-refractivity contribution >= 4 is 11.9 Å². The standard InChI is InChI=1S/C26H26F3NO4/c27-26(28,29)20-8-7-18(24(32)33)14-19(20)16-3-5-17(6-4-16)21-15-25(21)9-11-30(12-10-25)23(31)22-2-1-13-34-22/h3-8,14,21-22H,1-2,9-13,15H2,(H,32,33)/t21?,22-/m1/s1. The zero-order valence-electron chi connectivity index (χ0n) is 18.6. The topological polar surface area (TPSA) is 66.8 Å². The lowest BCUT2D eigenvalue weighted by atomic mass is 9.88. The van der Waals surface area contributed by atoms with Gasteiger partial charge in [0, 0.05) is 19.7 Å². The minimum absolute atomic E-state index is 0.0953. The molecule has 2 aromatic carbocycles. The van der Waals surface area contributed by atoms with Gasteiger partial charge >= 0.3 is 12.1 Å². The quantitative estimate of drug-likeness (QED) is 0.651. The summed E-state index contributed by atoms with van der Waals surface area (Å²) in [4.78, 5) is 25.8. The second-order valence-corrected chi connectivity index (χ2v) is 9.63. The van der Waals surface area contributed by atoms with Crippen LogP contribution in [0.3, 0.4) is 0 Å². The van der Waals surface area contributed by atoms with Crippen molar-refractivity contribution in [2.45, 2.75) is 50.3 Å². The van der Waals surface area contributed by atoms with Gasteiger partial charge in [0.2, 0.25) is 0 Å². The van der Waals surface area contributed by atoms with Crippen molar-refractivity contribution in [3.8, 4) is 11.1 Å². The van der Waals surface area contributed by atoms with Crippen LogP contribution < -0.4 is 0 Å². The Labute approximate surface area is 195 Å². The number of hydrogen-bond donors (Lipinski definition) is 1. The Bertz CT molecular complexity index is 1100. The third-order valence-corrected chi connectivity index (χ3v) is 7.66. The fourth-order valence-corrected chi connectivity index (χ4v) is 5.58. The second-order valence-electron chi connectivity index (χ2n) is 9.63. The van der Waals surface area contributed by atoms with E-state index >= 15 is 0 Å². The summed E-state index contributed by atoms with van der Waals surface area (Å²) in [6.45, 7) is 2.08. The average molecular weight is 473 g/mol. The van der Waals surface area contributed by atoms with Gasteiger partial charge in [0.1, 0.15) is 6.10 Å². The molecule has 8 heteroatoms. The second kappa shape index (κ2) is 8.41. The van der Waals surface area contributed by atoms with Crippen molar-refractivity contribution in [1.29, 1.82) is 0 Å². The Balaban J connectivity index is 1.29. The molecular formula is C26H26F3NO4. The Morgan fingerprint density at radius 1 is 1.06 bits per heavy atom. The van der Waals surface area contributed by atoms with E-state index in [2.05, 4.69) is 0 Å². The molecule has 3 aliphatic rings. The lowest BCUT2D eigenvalue weighted by Gasteiger charge is -2.34. The molecule has 34 heavy (non-hydrogen) atoms. The highest BCUT2D eigenvalue weighted by molar-refractivity contribution is 5.90. The Morgan fingerprint density at radius 2 is 1.76 bits per heavy atom. The largest absolute Gasteiger partial charge is 0.478 e. The van der Waals surface area contributed by atoms with Crippen molar-refractivity contribution in [3.63, 3.8) is 0 Å². The maximum Gasteiger partial charge on any atom is 0.417 e. The van der Waals surface area contributed by atoms with E-state index < -0.39 is 17.7 Å². The number of likely N-dealkylation sites (tertiary alicyclic amines) is 1. The third-order valence-electron chi connectivity index (χ3n) is 7.66. The van der Waals surface area contributed by atoms with Crippen molar-refractivity contribution < 1.29 is 32.6 Å². The highest BCUT2D eigenvalue weighted by Gasteiger charge is 2.55. The maximum atomic E-state index is 13.5. The van der Waals surface area contributed by atoms with Crippen LogP contribution in [0.15, 0.2) is 42.5 Å². The van der Waals surface area contributed by atoms with Gasteiger partial charge in [-0.3, -0.25) is 4.79 Å². The highest BCUT2D eigenvalue weighted by Crippen LogP contribution is 2.65. The van der Waals surface area contributed by atoms with Crippen LogP contribution in [-0.2, 0) is 15.7 Å². The van der Waals surface area contributed by atoms with Crippen molar-refractivity contribution in [3.05, 3.63) is 59.2 Å². The van der Waals surface area contributed by atoms with Crippen LogP contribution in [0.4, 0.5) is 13.2 Å². The van der Waals surface area contributed by atoms with Gasteiger partial charge in [-0.15, -0.1) is 0 Å². The molecule has 1 aliphatic carbocycles. The molecule has 2 atom stereocenters. The minimum atomic E-state index is -4.58. The smallest absolute Gasteiger partial charge is 0.417 e. The van der Waals surface area contributed by atoms with E-state index in [0.717, 1.165) is 55.9 Å². The molecule has 5 nitrogen and oxygen atoms in total. The molecule has 0 aromatic heterocycles. The molecule has 5 rings (SSSR count). The third kappa shape index (κ3) is 4.19. The van der Waals surface area contributed by atoms with Gasteiger partial charge in [0.25, 0.3) is 5.91 Å². The number of benzene rings is 2. The van der Waals surface area contributed by atoms with E-state index in [1.54, 1.807) is 12.1 Å². The Morgan fingerprint density at radius 3 is 2.35 bits per heavy atom. The first-order valence-electron chi connectivity index (χ1n) is 11.6. The first-order valence-corrected chi connectivity index (χ1v) is 11.6. The molecule has 2 saturated heterocycles. The number of amides is 1. The molecule has 1 spiro atoms. The fraction of sp³-hybridized carbons (Fsp3) is 0.462. The highest BCUT2D eigenvalue weighted by atomic mass is 19.4. The van der Waals surface area contributed by atoms with E-state index in [4.69, 9.17) is 4.74 Å². The molecule has 2 aliphatic heterocycles. The number of alkyl halides is 3. The van der Waals surface area contributed by atoms with Crippen LogP contribution >= 0.6 is 0 Å². The minimum Gasteiger partial charge on any atom is -0.478 e. The van der Waals surface area contributed by atoms with Crippen molar-refractivity contribution in [1.82, 2.24) is 4.90 Å². The molecule has 1 N–H and O–H groups in total. The molecule has 1 amide bonds. The lowest BCUT2D eigenvalue weighted by Crippen LogP contribution is -2.44.